The van der Waals surface area contributed by atoms with Crippen LogP contribution in [0.3, 0.4) is 0 Å². The van der Waals surface area contributed by atoms with E-state index in [-0.39, 0.29) is 12.2 Å². The summed E-state index contributed by atoms with van der Waals surface area (Å²) in [5.41, 5.74) is 2.25. The van der Waals surface area contributed by atoms with Crippen LogP contribution in [0.4, 0.5) is 0 Å². The third kappa shape index (κ3) is 5.25. The Morgan fingerprint density at radius 1 is 1.15 bits per heavy atom. The van der Waals surface area contributed by atoms with Gasteiger partial charge in [0, 0.05) is 5.56 Å². The van der Waals surface area contributed by atoms with Gasteiger partial charge >= 0.3 is 5.97 Å². The van der Waals surface area contributed by atoms with Gasteiger partial charge < -0.3 is 19.3 Å². The van der Waals surface area contributed by atoms with Crippen LogP contribution in [0.25, 0.3) is 6.08 Å². The zero-order chi connectivity index (χ0) is 19.8. The zero-order valence-corrected chi connectivity index (χ0v) is 15.5. The van der Waals surface area contributed by atoms with Crippen LogP contribution in [0.2, 0.25) is 0 Å². The van der Waals surface area contributed by atoms with Crippen molar-refractivity contribution in [2.75, 3.05) is 20.3 Å². The number of carboxylic acids is 1. The number of ether oxygens (including phenoxy) is 3. The lowest BCUT2D eigenvalue weighted by molar-refractivity contribution is -0.132. The fourth-order valence-electron chi connectivity index (χ4n) is 2.52. The molecule has 0 atom stereocenters. The van der Waals surface area contributed by atoms with Crippen LogP contribution in [0, 0.1) is 25.2 Å². The molecule has 0 saturated heterocycles. The standard InChI is InChI=1S/C21H21NO5/c1-14-7-8-18(15(2)11-14)26-9-10-27-20-16(5-4-6-19(20)25-3)12-17(13-22)21(23)24/h4-8,11-12H,9-10H2,1-3H3,(H,23,24). The van der Waals surface area contributed by atoms with E-state index in [4.69, 9.17) is 24.6 Å². The maximum Gasteiger partial charge on any atom is 0.346 e. The van der Waals surface area contributed by atoms with Crippen molar-refractivity contribution in [1.82, 2.24) is 0 Å². The van der Waals surface area contributed by atoms with Crippen molar-refractivity contribution < 1.29 is 24.1 Å². The Bertz CT molecular complexity index is 896. The molecule has 0 spiro atoms. The van der Waals surface area contributed by atoms with Gasteiger partial charge in [-0.15, -0.1) is 0 Å². The highest BCUT2D eigenvalue weighted by molar-refractivity contribution is 5.97. The summed E-state index contributed by atoms with van der Waals surface area (Å²) in [6.45, 7) is 4.52. The normalized spacial score (nSPS) is 10.8. The number of para-hydroxylation sites is 1. The smallest absolute Gasteiger partial charge is 0.346 e. The Labute approximate surface area is 158 Å². The van der Waals surface area contributed by atoms with E-state index in [1.54, 1.807) is 24.3 Å². The molecular weight excluding hydrogens is 346 g/mol. The van der Waals surface area contributed by atoms with Crippen LogP contribution in [0.5, 0.6) is 17.2 Å². The summed E-state index contributed by atoms with van der Waals surface area (Å²) in [5, 5.41) is 18.0. The van der Waals surface area contributed by atoms with E-state index >= 15 is 0 Å². The van der Waals surface area contributed by atoms with Gasteiger partial charge in [-0.25, -0.2) is 4.79 Å². The number of benzene rings is 2. The minimum Gasteiger partial charge on any atom is -0.493 e. The van der Waals surface area contributed by atoms with Crippen LogP contribution in [0.15, 0.2) is 42.0 Å². The number of methoxy groups -OCH3 is 1. The number of hydrogen-bond donors (Lipinski definition) is 1. The van der Waals surface area contributed by atoms with Crippen LogP contribution < -0.4 is 14.2 Å². The highest BCUT2D eigenvalue weighted by Gasteiger charge is 2.13. The summed E-state index contributed by atoms with van der Waals surface area (Å²) in [7, 11) is 1.49. The number of hydrogen-bond acceptors (Lipinski definition) is 5. The average Bonchev–Trinajstić information content (AvgIpc) is 2.64. The van der Waals surface area contributed by atoms with Crippen molar-refractivity contribution in [2.45, 2.75) is 13.8 Å². The molecule has 27 heavy (non-hydrogen) atoms. The van der Waals surface area contributed by atoms with Gasteiger partial charge in [-0.1, -0.05) is 29.8 Å². The number of nitriles is 1. The molecule has 6 heteroatoms. The highest BCUT2D eigenvalue weighted by Crippen LogP contribution is 2.32. The maximum absolute atomic E-state index is 11.1. The Morgan fingerprint density at radius 2 is 1.89 bits per heavy atom. The summed E-state index contributed by atoms with van der Waals surface area (Å²) in [6.07, 6.45) is 1.26. The Kier molecular flexibility index (Phi) is 6.84. The fourth-order valence-corrected chi connectivity index (χ4v) is 2.52. The Balaban J connectivity index is 2.13. The first-order chi connectivity index (χ1) is 13.0. The first-order valence-corrected chi connectivity index (χ1v) is 8.31. The second-order valence-corrected chi connectivity index (χ2v) is 5.82. The lowest BCUT2D eigenvalue weighted by Gasteiger charge is -2.14. The molecule has 140 valence electrons. The largest absolute Gasteiger partial charge is 0.493 e. The zero-order valence-electron chi connectivity index (χ0n) is 15.5. The number of nitrogens with zero attached hydrogens (tertiary/aromatic N) is 1. The lowest BCUT2D eigenvalue weighted by Crippen LogP contribution is -2.11. The van der Waals surface area contributed by atoms with Crippen LogP contribution in [-0.4, -0.2) is 31.4 Å². The third-order valence-corrected chi connectivity index (χ3v) is 3.80. The SMILES string of the molecule is COc1cccc(C=C(C#N)C(=O)O)c1OCCOc1ccc(C)cc1C. The number of aryl methyl sites for hydroxylation is 2. The van der Waals surface area contributed by atoms with Gasteiger partial charge in [0.25, 0.3) is 0 Å². The molecule has 0 aliphatic carbocycles. The van der Waals surface area contributed by atoms with E-state index in [9.17, 15) is 4.79 Å². The molecule has 0 heterocycles. The molecule has 6 nitrogen and oxygen atoms in total. The molecule has 0 fully saturated rings. The molecule has 0 unspecified atom stereocenters. The summed E-state index contributed by atoms with van der Waals surface area (Å²) >= 11 is 0. The highest BCUT2D eigenvalue weighted by atomic mass is 16.5. The maximum atomic E-state index is 11.1. The number of carbonyl (C=O) groups is 1. The third-order valence-electron chi connectivity index (χ3n) is 3.80. The molecule has 2 aromatic carbocycles. The lowest BCUT2D eigenvalue weighted by atomic mass is 10.1. The minimum atomic E-state index is -1.30. The number of rotatable bonds is 8. The Morgan fingerprint density at radius 3 is 2.52 bits per heavy atom. The van der Waals surface area contributed by atoms with Crippen molar-refractivity contribution in [1.29, 1.82) is 5.26 Å². The van der Waals surface area contributed by atoms with Crippen LogP contribution in [-0.2, 0) is 4.79 Å². The molecule has 1 N–H and O–H groups in total. The monoisotopic (exact) mass is 367 g/mol. The first kappa shape index (κ1) is 19.9. The predicted molar refractivity (Wildman–Crippen MR) is 101 cm³/mol. The van der Waals surface area contributed by atoms with Gasteiger partial charge in [0.2, 0.25) is 0 Å². The number of aliphatic carboxylic acids is 1. The fraction of sp³-hybridized carbons (Fsp3) is 0.238. The predicted octanol–water partition coefficient (Wildman–Crippen LogP) is 3.76. The molecule has 0 aliphatic heterocycles. The van der Waals surface area contributed by atoms with E-state index < -0.39 is 5.97 Å². The molecule has 0 radical (unpaired) electrons. The summed E-state index contributed by atoms with van der Waals surface area (Å²) < 4.78 is 16.8. The molecular formula is C21H21NO5. The molecule has 2 rings (SSSR count). The van der Waals surface area contributed by atoms with Crippen molar-refractivity contribution in [3.8, 4) is 23.3 Å². The van der Waals surface area contributed by atoms with Gasteiger partial charge in [0.05, 0.1) is 7.11 Å². The number of carboxylic acid groups (broad SMARTS) is 1. The van der Waals surface area contributed by atoms with Crippen molar-refractivity contribution >= 4 is 12.0 Å². The molecule has 0 amide bonds. The summed E-state index contributed by atoms with van der Waals surface area (Å²) in [4.78, 5) is 11.1. The van der Waals surface area contributed by atoms with Crippen LogP contribution >= 0.6 is 0 Å². The van der Waals surface area contributed by atoms with Gasteiger partial charge in [-0.05, 0) is 37.6 Å². The van der Waals surface area contributed by atoms with Crippen molar-refractivity contribution in [3.63, 3.8) is 0 Å². The second kappa shape index (κ2) is 9.30. The quantitative estimate of drug-likeness (QED) is 0.434. The summed E-state index contributed by atoms with van der Waals surface area (Å²) in [6, 6.07) is 12.6. The van der Waals surface area contributed by atoms with Crippen molar-refractivity contribution in [2.24, 2.45) is 0 Å². The Hall–Kier alpha value is -3.46. The molecule has 2 aromatic rings. The van der Waals surface area contributed by atoms with Crippen LogP contribution in [0.1, 0.15) is 16.7 Å². The average molecular weight is 367 g/mol. The first-order valence-electron chi connectivity index (χ1n) is 8.31. The molecule has 0 bridgehead atoms. The van der Waals surface area contributed by atoms with Crippen molar-refractivity contribution in [3.05, 3.63) is 58.7 Å². The topological polar surface area (TPSA) is 88.8 Å². The van der Waals surface area contributed by atoms with Gasteiger partial charge in [0.1, 0.15) is 30.6 Å². The molecule has 0 aromatic heterocycles. The molecule has 0 aliphatic rings. The molecule has 0 saturated carbocycles. The van der Waals surface area contributed by atoms with E-state index in [2.05, 4.69) is 0 Å². The van der Waals surface area contributed by atoms with Gasteiger partial charge in [-0.3, -0.25) is 0 Å². The van der Waals surface area contributed by atoms with E-state index in [0.717, 1.165) is 16.9 Å². The van der Waals surface area contributed by atoms with E-state index in [0.29, 0.717) is 23.7 Å². The van der Waals surface area contributed by atoms with E-state index in [1.165, 1.54) is 13.2 Å². The van der Waals surface area contributed by atoms with Gasteiger partial charge in [-0.2, -0.15) is 5.26 Å². The summed E-state index contributed by atoms with van der Waals surface area (Å²) in [5.74, 6) is 0.280. The van der Waals surface area contributed by atoms with Gasteiger partial charge in [0.15, 0.2) is 11.5 Å². The second-order valence-electron chi connectivity index (χ2n) is 5.82. The van der Waals surface area contributed by atoms with E-state index in [1.807, 2.05) is 32.0 Å². The minimum absolute atomic E-state index is 0.226.